The number of benzene rings is 1. The van der Waals surface area contributed by atoms with Gasteiger partial charge < -0.3 is 9.84 Å². The maximum Gasteiger partial charge on any atom is 0.302 e. The minimum Gasteiger partial charge on any atom is -0.465 e. The van der Waals surface area contributed by atoms with Gasteiger partial charge in [-0.05, 0) is 35.0 Å². The number of halogens is 1. The van der Waals surface area contributed by atoms with E-state index >= 15 is 0 Å². The first kappa shape index (κ1) is 15.8. The van der Waals surface area contributed by atoms with Gasteiger partial charge in [-0.2, -0.15) is 0 Å². The molecule has 1 unspecified atom stereocenters. The summed E-state index contributed by atoms with van der Waals surface area (Å²) < 4.78 is 17.9. The topological polar surface area (TPSA) is 46.5 Å². The molecule has 5 heteroatoms. The van der Waals surface area contributed by atoms with Crippen LogP contribution in [0.25, 0.3) is 5.57 Å². The highest BCUT2D eigenvalue weighted by molar-refractivity contribution is 7.27. The SMILES string of the molecule is C=C(C[C@H](CO)COC(C)=O)c1ccc(F)cc1P. The molecular formula is C14H18FO3P. The standard InChI is InChI=1S/C14H18FO3P/c1-9(5-11(7-16)8-18-10(2)17)13-4-3-12(15)6-14(13)19/h3-4,6,11,16H,1,5,7-8,19H2,2H3/t11-/m1/s1. The van der Waals surface area contributed by atoms with Gasteiger partial charge in [0, 0.05) is 19.4 Å². The fourth-order valence-corrected chi connectivity index (χ4v) is 2.18. The molecule has 3 nitrogen and oxygen atoms in total. The van der Waals surface area contributed by atoms with Crippen molar-refractivity contribution in [1.82, 2.24) is 0 Å². The summed E-state index contributed by atoms with van der Waals surface area (Å²) in [7, 11) is 2.46. The average Bonchev–Trinajstić information content (AvgIpc) is 2.33. The number of aliphatic hydroxyl groups is 1. The van der Waals surface area contributed by atoms with E-state index in [9.17, 15) is 14.3 Å². The molecule has 19 heavy (non-hydrogen) atoms. The summed E-state index contributed by atoms with van der Waals surface area (Å²) in [6.45, 7) is 5.32. The number of carbonyl (C=O) groups excluding carboxylic acids is 1. The second kappa shape index (κ2) is 7.37. The third-order valence-corrected chi connectivity index (χ3v) is 3.19. The molecule has 0 radical (unpaired) electrons. The fourth-order valence-electron chi connectivity index (χ4n) is 1.73. The average molecular weight is 284 g/mol. The van der Waals surface area contributed by atoms with Gasteiger partial charge in [0.2, 0.25) is 0 Å². The number of ether oxygens (including phenoxy) is 1. The van der Waals surface area contributed by atoms with Crippen molar-refractivity contribution in [1.29, 1.82) is 0 Å². The van der Waals surface area contributed by atoms with E-state index < -0.39 is 0 Å². The lowest BCUT2D eigenvalue weighted by Crippen LogP contribution is -2.17. The van der Waals surface area contributed by atoms with Crippen molar-refractivity contribution in [2.75, 3.05) is 13.2 Å². The van der Waals surface area contributed by atoms with Crippen molar-refractivity contribution in [3.63, 3.8) is 0 Å². The van der Waals surface area contributed by atoms with E-state index in [4.69, 9.17) is 4.74 Å². The van der Waals surface area contributed by atoms with Crippen LogP contribution >= 0.6 is 9.24 Å². The normalized spacial score (nSPS) is 12.0. The number of hydrogen-bond donors (Lipinski definition) is 1. The Bertz CT molecular complexity index is 474. The van der Waals surface area contributed by atoms with E-state index in [0.29, 0.717) is 11.7 Å². The molecule has 0 bridgehead atoms. The molecular weight excluding hydrogens is 266 g/mol. The lowest BCUT2D eigenvalue weighted by Gasteiger charge is -2.16. The first-order chi connectivity index (χ1) is 8.93. The number of aliphatic hydroxyl groups excluding tert-OH is 1. The maximum absolute atomic E-state index is 13.0. The Balaban J connectivity index is 2.69. The van der Waals surface area contributed by atoms with Crippen LogP contribution in [0.3, 0.4) is 0 Å². The second-order valence-electron chi connectivity index (χ2n) is 4.39. The van der Waals surface area contributed by atoms with Crippen molar-refractivity contribution in [2.24, 2.45) is 5.92 Å². The molecule has 2 atom stereocenters. The van der Waals surface area contributed by atoms with Crippen LogP contribution < -0.4 is 5.30 Å². The molecule has 0 aliphatic heterocycles. The Morgan fingerprint density at radius 2 is 2.26 bits per heavy atom. The van der Waals surface area contributed by atoms with E-state index in [1.807, 2.05) is 0 Å². The lowest BCUT2D eigenvalue weighted by molar-refractivity contribution is -0.142. The molecule has 1 N–H and O–H groups in total. The summed E-state index contributed by atoms with van der Waals surface area (Å²) in [4.78, 5) is 10.7. The van der Waals surface area contributed by atoms with Gasteiger partial charge in [0.15, 0.2) is 0 Å². The minimum absolute atomic E-state index is 0.0975. The summed E-state index contributed by atoms with van der Waals surface area (Å²) >= 11 is 0. The minimum atomic E-state index is -0.377. The van der Waals surface area contributed by atoms with Gasteiger partial charge in [0.1, 0.15) is 5.82 Å². The van der Waals surface area contributed by atoms with Crippen LogP contribution in [0.4, 0.5) is 4.39 Å². The van der Waals surface area contributed by atoms with Gasteiger partial charge in [-0.1, -0.05) is 12.6 Å². The molecule has 1 rings (SSSR count). The van der Waals surface area contributed by atoms with Gasteiger partial charge in [-0.15, -0.1) is 9.24 Å². The predicted octanol–water partition coefficient (Wildman–Crippen LogP) is 1.90. The van der Waals surface area contributed by atoms with Crippen molar-refractivity contribution < 1.29 is 19.0 Å². The van der Waals surface area contributed by atoms with Gasteiger partial charge >= 0.3 is 5.97 Å². The quantitative estimate of drug-likeness (QED) is 0.641. The summed E-state index contributed by atoms with van der Waals surface area (Å²) in [6.07, 6.45) is 0.483. The van der Waals surface area contributed by atoms with Gasteiger partial charge in [0.05, 0.1) is 6.61 Å². The molecule has 0 aromatic heterocycles. The molecule has 104 valence electrons. The first-order valence-corrected chi connectivity index (χ1v) is 6.49. The maximum atomic E-state index is 13.0. The number of allylic oxidation sites excluding steroid dienone is 1. The van der Waals surface area contributed by atoms with E-state index in [0.717, 1.165) is 11.1 Å². The highest BCUT2D eigenvalue weighted by Crippen LogP contribution is 2.21. The van der Waals surface area contributed by atoms with E-state index in [-0.39, 0.29) is 30.9 Å². The van der Waals surface area contributed by atoms with E-state index in [1.54, 1.807) is 6.07 Å². The highest BCUT2D eigenvalue weighted by atomic mass is 31.0. The first-order valence-electron chi connectivity index (χ1n) is 5.91. The van der Waals surface area contributed by atoms with Gasteiger partial charge in [0.25, 0.3) is 0 Å². The Kier molecular flexibility index (Phi) is 6.13. The van der Waals surface area contributed by atoms with Crippen molar-refractivity contribution in [3.8, 4) is 0 Å². The Morgan fingerprint density at radius 3 is 2.79 bits per heavy atom. The van der Waals surface area contributed by atoms with Crippen LogP contribution in [0.2, 0.25) is 0 Å². The lowest BCUT2D eigenvalue weighted by atomic mass is 9.96. The van der Waals surface area contributed by atoms with Crippen LogP contribution in [0, 0.1) is 11.7 Å². The van der Waals surface area contributed by atoms with Crippen molar-refractivity contribution >= 4 is 26.1 Å². The molecule has 0 saturated heterocycles. The third kappa shape index (κ3) is 5.09. The van der Waals surface area contributed by atoms with Gasteiger partial charge in [-0.25, -0.2) is 4.39 Å². The van der Waals surface area contributed by atoms with E-state index in [1.165, 1.54) is 19.1 Å². The zero-order chi connectivity index (χ0) is 14.4. The summed E-state index contributed by atoms with van der Waals surface area (Å²) in [5.74, 6) is -0.886. The number of rotatable bonds is 6. The monoisotopic (exact) mass is 284 g/mol. The third-order valence-electron chi connectivity index (χ3n) is 2.71. The summed E-state index contributed by atoms with van der Waals surface area (Å²) in [5.41, 5.74) is 1.60. The van der Waals surface area contributed by atoms with Gasteiger partial charge in [-0.3, -0.25) is 4.79 Å². The van der Waals surface area contributed by atoms with Crippen LogP contribution in [0.15, 0.2) is 24.8 Å². The second-order valence-corrected chi connectivity index (χ2v) is 5.01. The molecule has 0 saturated carbocycles. The molecule has 0 aliphatic carbocycles. The smallest absolute Gasteiger partial charge is 0.302 e. The fraction of sp³-hybridized carbons (Fsp3) is 0.357. The number of esters is 1. The van der Waals surface area contributed by atoms with Crippen LogP contribution in [0.1, 0.15) is 18.9 Å². The molecule has 1 aromatic carbocycles. The number of hydrogen-bond acceptors (Lipinski definition) is 3. The predicted molar refractivity (Wildman–Crippen MR) is 76.6 cm³/mol. The van der Waals surface area contributed by atoms with E-state index in [2.05, 4.69) is 15.8 Å². The molecule has 0 heterocycles. The molecule has 0 spiro atoms. The Morgan fingerprint density at radius 1 is 1.58 bits per heavy atom. The highest BCUT2D eigenvalue weighted by Gasteiger charge is 2.13. The summed E-state index contributed by atoms with van der Waals surface area (Å²) in [5, 5.41) is 9.97. The zero-order valence-electron chi connectivity index (χ0n) is 10.9. The Labute approximate surface area is 114 Å². The van der Waals surface area contributed by atoms with Crippen molar-refractivity contribution in [3.05, 3.63) is 36.2 Å². The molecule has 1 aromatic rings. The van der Waals surface area contributed by atoms with Crippen LogP contribution in [-0.2, 0) is 9.53 Å². The molecule has 0 fully saturated rings. The summed E-state index contributed by atoms with van der Waals surface area (Å²) in [6, 6.07) is 4.43. The number of carbonyl (C=O) groups is 1. The van der Waals surface area contributed by atoms with Crippen LogP contribution in [0.5, 0.6) is 0 Å². The molecule has 0 amide bonds. The zero-order valence-corrected chi connectivity index (χ0v) is 12.0. The molecule has 0 aliphatic rings. The Hall–Kier alpha value is -1.25. The largest absolute Gasteiger partial charge is 0.465 e. The van der Waals surface area contributed by atoms with Crippen molar-refractivity contribution in [2.45, 2.75) is 13.3 Å². The van der Waals surface area contributed by atoms with Crippen LogP contribution in [-0.4, -0.2) is 24.3 Å².